The number of aromatic hydroxyl groups is 2. The van der Waals surface area contributed by atoms with Gasteiger partial charge in [0.2, 0.25) is 6.79 Å². The van der Waals surface area contributed by atoms with Crippen molar-refractivity contribution in [2.45, 2.75) is 94.1 Å². The van der Waals surface area contributed by atoms with E-state index in [1.54, 1.807) is 12.1 Å². The second kappa shape index (κ2) is 13.9. The Labute approximate surface area is 328 Å². The van der Waals surface area contributed by atoms with Crippen LogP contribution in [0.25, 0.3) is 0 Å². The summed E-state index contributed by atoms with van der Waals surface area (Å²) in [6, 6.07) is 3.01. The number of aliphatic hydroxyl groups excluding tert-OH is 1. The topological polar surface area (TPSA) is 178 Å². The maximum Gasteiger partial charge on any atom is 0.331 e. The summed E-state index contributed by atoms with van der Waals surface area (Å²) in [6.45, 7) is 5.94. The number of nitrogens with one attached hydrogen (secondary N) is 2. The van der Waals surface area contributed by atoms with Crippen molar-refractivity contribution in [1.29, 1.82) is 0 Å². The van der Waals surface area contributed by atoms with Crippen LogP contribution in [0.5, 0.6) is 40.2 Å². The molecule has 1 spiro atoms. The fraction of sp³-hybridized carbons (Fsp3) is 0.512. The second-order valence-corrected chi connectivity index (χ2v) is 16.6. The van der Waals surface area contributed by atoms with Gasteiger partial charge in [0.1, 0.15) is 18.6 Å². The highest BCUT2D eigenvalue weighted by Crippen LogP contribution is 2.63. The average Bonchev–Trinajstić information content (AvgIpc) is 3.68. The van der Waals surface area contributed by atoms with Gasteiger partial charge in [-0.25, -0.2) is 4.79 Å². The number of benzene rings is 3. The minimum atomic E-state index is -1.36. The molecule has 7 aliphatic heterocycles. The number of phenolic OH excluding ortho intramolecular Hbond substituents is 2. The number of nitrogens with zero attached hydrogens (tertiary/aromatic N) is 1. The third kappa shape index (κ3) is 5.37. The van der Waals surface area contributed by atoms with Crippen LogP contribution in [-0.2, 0) is 32.7 Å². The van der Waals surface area contributed by atoms with Crippen molar-refractivity contribution in [2.75, 3.05) is 39.9 Å². The zero-order valence-corrected chi connectivity index (χ0v) is 32.8. The van der Waals surface area contributed by atoms with Crippen LogP contribution in [0.4, 0.5) is 0 Å². The second-order valence-electron chi connectivity index (χ2n) is 15.5. The molecular weight excluding hydrogens is 743 g/mol. The minimum Gasteiger partial charge on any atom is -0.504 e. The molecule has 3 aromatic carbocycles. The molecule has 0 saturated carbocycles. The van der Waals surface area contributed by atoms with Gasteiger partial charge in [0.25, 0.3) is 0 Å². The van der Waals surface area contributed by atoms with Crippen molar-refractivity contribution in [1.82, 2.24) is 15.5 Å². The van der Waals surface area contributed by atoms with E-state index in [1.807, 2.05) is 31.7 Å². The number of rotatable bonds is 6. The largest absolute Gasteiger partial charge is 0.504 e. The lowest BCUT2D eigenvalue weighted by molar-refractivity contribution is -0.164. The number of unbranched alkanes of at least 4 members (excludes halogenated alkanes) is 1. The molecule has 0 radical (unpaired) electrons. The summed E-state index contributed by atoms with van der Waals surface area (Å²) >= 11 is 1.47. The number of methoxy groups -OCH3 is 2. The highest BCUT2D eigenvalue weighted by Gasteiger charge is 2.60. The van der Waals surface area contributed by atoms with E-state index < -0.39 is 47.2 Å². The Morgan fingerprint density at radius 2 is 1.84 bits per heavy atom. The normalized spacial score (nSPS) is 28.4. The van der Waals surface area contributed by atoms with Gasteiger partial charge >= 0.3 is 11.9 Å². The molecule has 4 bridgehead atoms. The summed E-state index contributed by atoms with van der Waals surface area (Å²) in [7, 11) is 3.00. The Kier molecular flexibility index (Phi) is 9.23. The number of piperazine rings is 1. The third-order valence-electron chi connectivity index (χ3n) is 12.5. The van der Waals surface area contributed by atoms with Gasteiger partial charge in [0.05, 0.1) is 37.6 Å². The molecule has 56 heavy (non-hydrogen) atoms. The van der Waals surface area contributed by atoms with Crippen LogP contribution < -0.4 is 34.3 Å². The lowest BCUT2D eigenvalue weighted by atomic mass is 9.74. The molecule has 3 aromatic rings. The summed E-state index contributed by atoms with van der Waals surface area (Å²) in [4.78, 5) is 30.3. The number of phenols is 2. The zero-order chi connectivity index (χ0) is 39.2. The number of esters is 2. The molecule has 10 rings (SSSR count). The van der Waals surface area contributed by atoms with E-state index in [-0.39, 0.29) is 48.8 Å². The van der Waals surface area contributed by atoms with E-state index in [1.165, 1.54) is 26.0 Å². The van der Waals surface area contributed by atoms with Gasteiger partial charge in [-0.05, 0) is 67.5 Å². The van der Waals surface area contributed by atoms with Crippen LogP contribution in [0.2, 0.25) is 0 Å². The van der Waals surface area contributed by atoms with Gasteiger partial charge in [0, 0.05) is 47.0 Å². The number of hydrogen-bond acceptors (Lipinski definition) is 15. The molecular formula is C41H47N3O11S. The molecule has 298 valence electrons. The van der Waals surface area contributed by atoms with Crippen molar-refractivity contribution < 1.29 is 53.3 Å². The number of hydrogen-bond donors (Lipinski definition) is 5. The van der Waals surface area contributed by atoms with Gasteiger partial charge in [-0.2, -0.15) is 0 Å². The molecule has 5 N–H and O–H groups in total. The highest BCUT2D eigenvalue weighted by molar-refractivity contribution is 7.99. The van der Waals surface area contributed by atoms with Crippen molar-refractivity contribution in [3.63, 3.8) is 0 Å². The number of carbonyl (C=O) groups is 2. The number of aryl methyl sites for hydroxylation is 1. The van der Waals surface area contributed by atoms with Crippen LogP contribution in [0.1, 0.15) is 88.0 Å². The van der Waals surface area contributed by atoms with Crippen LogP contribution >= 0.6 is 11.8 Å². The molecule has 0 amide bonds. The molecule has 2 saturated heterocycles. The first-order chi connectivity index (χ1) is 27.0. The summed E-state index contributed by atoms with van der Waals surface area (Å²) in [6.07, 6.45) is 1.62. The van der Waals surface area contributed by atoms with Crippen LogP contribution in [0.15, 0.2) is 18.2 Å². The van der Waals surface area contributed by atoms with Crippen molar-refractivity contribution >= 4 is 23.7 Å². The predicted octanol–water partition coefficient (Wildman–Crippen LogP) is 4.24. The quantitative estimate of drug-likeness (QED) is 0.177. The van der Waals surface area contributed by atoms with Gasteiger partial charge in [-0.3, -0.25) is 15.0 Å². The molecule has 7 heterocycles. The van der Waals surface area contributed by atoms with Gasteiger partial charge in [-0.1, -0.05) is 19.4 Å². The minimum absolute atomic E-state index is 0.0212. The van der Waals surface area contributed by atoms with E-state index in [0.717, 1.165) is 23.1 Å². The van der Waals surface area contributed by atoms with E-state index in [9.17, 15) is 24.9 Å². The summed E-state index contributed by atoms with van der Waals surface area (Å²) in [5.74, 6) is 1.12. The lowest BCUT2D eigenvalue weighted by Crippen LogP contribution is -2.69. The van der Waals surface area contributed by atoms with Gasteiger partial charge in [-0.15, -0.1) is 11.8 Å². The van der Waals surface area contributed by atoms with E-state index in [0.29, 0.717) is 76.6 Å². The standard InChI is InChI=1S/C41H47N3O11S/c1-6-7-8-27(46)55-35-19(3)36-37(54-17-53-36)29-24-15-52-40(49)41(22-14-26(50-4)25(45)13-20(22)9-10-42-41)16-56-38(30(29)35)32-31-28-21(11-18(2)34(51-5)33(28)47)12-23(43-31)39(48)44(24)32/h11,13-14,23-24,31-32,38-39,42-43,45,47-48H,6-10,12,15-17H2,1-5H3/t23?,24-,31+,32?,38+,39-,41+/m0/s1. The average molecular weight is 790 g/mol. The molecule has 0 aliphatic carbocycles. The van der Waals surface area contributed by atoms with Crippen molar-refractivity contribution in [3.05, 3.63) is 62.7 Å². The molecule has 7 atom stereocenters. The first kappa shape index (κ1) is 37.2. The van der Waals surface area contributed by atoms with E-state index in [2.05, 4.69) is 10.6 Å². The van der Waals surface area contributed by atoms with Crippen molar-refractivity contribution in [2.24, 2.45) is 0 Å². The van der Waals surface area contributed by atoms with Crippen molar-refractivity contribution in [3.8, 4) is 40.2 Å². The Hall–Kier alpha value is -4.41. The Balaban J connectivity index is 1.29. The molecule has 0 aromatic heterocycles. The molecule has 2 fully saturated rings. The Bertz CT molecular complexity index is 2150. The van der Waals surface area contributed by atoms with E-state index in [4.69, 9.17) is 28.4 Å². The maximum absolute atomic E-state index is 14.7. The molecule has 15 heteroatoms. The summed E-state index contributed by atoms with van der Waals surface area (Å²) in [5.41, 5.74) is 4.35. The monoisotopic (exact) mass is 789 g/mol. The van der Waals surface area contributed by atoms with Gasteiger partial charge < -0.3 is 49.1 Å². The van der Waals surface area contributed by atoms with E-state index >= 15 is 0 Å². The Morgan fingerprint density at radius 1 is 1.04 bits per heavy atom. The fourth-order valence-electron chi connectivity index (χ4n) is 9.95. The predicted molar refractivity (Wildman–Crippen MR) is 204 cm³/mol. The Morgan fingerprint density at radius 3 is 2.61 bits per heavy atom. The van der Waals surface area contributed by atoms with Gasteiger partial charge in [0.15, 0.2) is 40.0 Å². The van der Waals surface area contributed by atoms with Crippen LogP contribution in [0, 0.1) is 13.8 Å². The summed E-state index contributed by atoms with van der Waals surface area (Å²) < 4.78 is 36.3. The smallest absolute Gasteiger partial charge is 0.331 e. The number of ether oxygens (including phenoxy) is 6. The molecule has 2 unspecified atom stereocenters. The maximum atomic E-state index is 14.7. The van der Waals surface area contributed by atoms with Crippen LogP contribution in [0.3, 0.4) is 0 Å². The number of aliphatic hydroxyl groups is 1. The highest BCUT2D eigenvalue weighted by atomic mass is 32.2. The lowest BCUT2D eigenvalue weighted by Gasteiger charge is -2.59. The fourth-order valence-corrected chi connectivity index (χ4v) is 11.6. The first-order valence-corrected chi connectivity index (χ1v) is 20.3. The first-order valence-electron chi connectivity index (χ1n) is 19.2. The zero-order valence-electron chi connectivity index (χ0n) is 32.0. The number of thioether (sulfide) groups is 1. The SMILES string of the molecule is CCCCC(=O)Oc1c(C)c2c(c3c1[C@H]1SC[C@]4(NCCc5cc(O)c(OC)cc54)C(=O)OC[C@@H]3N3C1[C@@H]1NC(Cc4cc(C)c(OC)c(O)c41)[C@@H]3O)OCO2. The number of carbonyl (C=O) groups excluding carboxylic acids is 2. The molecule has 7 aliphatic rings. The third-order valence-corrected chi connectivity index (χ3v) is 13.9. The summed E-state index contributed by atoms with van der Waals surface area (Å²) in [5, 5.41) is 41.8. The number of fused-ring (bicyclic) bond motifs is 9. The molecule has 14 nitrogen and oxygen atoms in total. The van der Waals surface area contributed by atoms with Crippen LogP contribution in [-0.4, -0.2) is 90.4 Å².